The fourth-order valence-electron chi connectivity index (χ4n) is 2.83. The normalized spacial score (nSPS) is 10.5. The third-order valence-corrected chi connectivity index (χ3v) is 4.28. The molecule has 1 N–H and O–H groups in total. The number of hydrogen-bond donors (Lipinski definition) is 1. The molecule has 0 radical (unpaired) electrons. The molecular formula is C22H18N4O2. The van der Waals surface area contributed by atoms with E-state index < -0.39 is 0 Å². The monoisotopic (exact) mass is 370 g/mol. The molecule has 0 atom stereocenters. The predicted octanol–water partition coefficient (Wildman–Crippen LogP) is 4.20. The van der Waals surface area contributed by atoms with E-state index in [2.05, 4.69) is 15.4 Å². The summed E-state index contributed by atoms with van der Waals surface area (Å²) in [4.78, 5) is 16.8. The minimum absolute atomic E-state index is 0.221. The van der Waals surface area contributed by atoms with Crippen LogP contribution in [0.15, 0.2) is 85.2 Å². The molecule has 138 valence electrons. The summed E-state index contributed by atoms with van der Waals surface area (Å²) in [5.41, 5.74) is 3.06. The number of ether oxygens (including phenoxy) is 1. The Hall–Kier alpha value is -3.93. The molecule has 0 aliphatic heterocycles. The summed E-state index contributed by atoms with van der Waals surface area (Å²) in [6, 6.07) is 22.2. The number of anilines is 1. The van der Waals surface area contributed by atoms with Crippen LogP contribution in [-0.2, 0) is 0 Å². The number of pyridine rings is 1. The molecule has 4 rings (SSSR count). The van der Waals surface area contributed by atoms with Crippen LogP contribution >= 0.6 is 0 Å². The molecule has 0 saturated heterocycles. The number of rotatable bonds is 5. The lowest BCUT2D eigenvalue weighted by molar-refractivity contribution is 0.102. The van der Waals surface area contributed by atoms with Crippen molar-refractivity contribution in [3.63, 3.8) is 0 Å². The van der Waals surface area contributed by atoms with E-state index >= 15 is 0 Å². The third kappa shape index (κ3) is 3.61. The Balaban J connectivity index is 1.70. The van der Waals surface area contributed by atoms with Crippen LogP contribution in [0.1, 0.15) is 10.4 Å². The average Bonchev–Trinajstić information content (AvgIpc) is 3.19. The van der Waals surface area contributed by atoms with Gasteiger partial charge >= 0.3 is 0 Å². The number of nitrogens with zero attached hydrogens (tertiary/aromatic N) is 3. The second-order valence-corrected chi connectivity index (χ2v) is 6.08. The summed E-state index contributed by atoms with van der Waals surface area (Å²) in [5.74, 6) is 1.06. The van der Waals surface area contributed by atoms with Gasteiger partial charge in [0.05, 0.1) is 18.5 Å². The maximum atomic E-state index is 12.7. The number of benzene rings is 2. The van der Waals surface area contributed by atoms with Gasteiger partial charge in [-0.25, -0.2) is 4.68 Å². The van der Waals surface area contributed by atoms with E-state index in [1.807, 2.05) is 48.5 Å². The molecule has 2 heterocycles. The van der Waals surface area contributed by atoms with E-state index in [0.29, 0.717) is 17.1 Å². The molecule has 4 aromatic rings. The number of hydrogen-bond acceptors (Lipinski definition) is 4. The van der Waals surface area contributed by atoms with Gasteiger partial charge < -0.3 is 10.1 Å². The number of amides is 1. The quantitative estimate of drug-likeness (QED) is 0.572. The van der Waals surface area contributed by atoms with Gasteiger partial charge in [-0.05, 0) is 48.5 Å². The van der Waals surface area contributed by atoms with Crippen LogP contribution in [0.25, 0.3) is 16.9 Å². The van der Waals surface area contributed by atoms with Crippen molar-refractivity contribution in [2.75, 3.05) is 12.4 Å². The first-order valence-corrected chi connectivity index (χ1v) is 8.76. The van der Waals surface area contributed by atoms with Crippen molar-refractivity contribution in [1.29, 1.82) is 0 Å². The predicted molar refractivity (Wildman–Crippen MR) is 108 cm³/mol. The highest BCUT2D eigenvalue weighted by molar-refractivity contribution is 6.04. The van der Waals surface area contributed by atoms with Gasteiger partial charge in [0.25, 0.3) is 5.91 Å². The minimum Gasteiger partial charge on any atom is -0.497 e. The maximum Gasteiger partial charge on any atom is 0.256 e. The van der Waals surface area contributed by atoms with Crippen LogP contribution < -0.4 is 10.1 Å². The molecule has 0 fully saturated rings. The molecule has 0 spiro atoms. The molecule has 0 bridgehead atoms. The van der Waals surface area contributed by atoms with E-state index in [9.17, 15) is 4.79 Å². The average molecular weight is 370 g/mol. The molecule has 2 aromatic heterocycles. The molecule has 1 amide bonds. The van der Waals surface area contributed by atoms with Gasteiger partial charge in [-0.3, -0.25) is 9.78 Å². The van der Waals surface area contributed by atoms with Gasteiger partial charge in [-0.1, -0.05) is 18.2 Å². The van der Waals surface area contributed by atoms with Crippen LogP contribution in [0.5, 0.6) is 5.75 Å². The van der Waals surface area contributed by atoms with Crippen molar-refractivity contribution in [2.24, 2.45) is 0 Å². The van der Waals surface area contributed by atoms with Crippen molar-refractivity contribution >= 4 is 11.7 Å². The van der Waals surface area contributed by atoms with Crippen LogP contribution in [0.3, 0.4) is 0 Å². The van der Waals surface area contributed by atoms with E-state index in [1.165, 1.54) is 0 Å². The molecule has 6 nitrogen and oxygen atoms in total. The van der Waals surface area contributed by atoms with Crippen LogP contribution in [0.2, 0.25) is 0 Å². The van der Waals surface area contributed by atoms with Crippen molar-refractivity contribution in [1.82, 2.24) is 14.8 Å². The Labute approximate surface area is 162 Å². The number of methoxy groups -OCH3 is 1. The highest BCUT2D eigenvalue weighted by Gasteiger charge is 2.15. The number of nitrogens with one attached hydrogen (secondary N) is 1. The molecule has 0 aliphatic carbocycles. The van der Waals surface area contributed by atoms with Crippen LogP contribution in [-0.4, -0.2) is 27.8 Å². The second kappa shape index (κ2) is 7.75. The standard InChI is InChI=1S/C22H18N4O2/c1-28-19-9-7-17(8-10-19)22(27)24-21-15-20(16-11-13-23-14-12-16)25-26(21)18-5-3-2-4-6-18/h2-15H,1H3,(H,24,27). The molecule has 28 heavy (non-hydrogen) atoms. The van der Waals surface area contributed by atoms with Crippen LogP contribution in [0.4, 0.5) is 5.82 Å². The Kier molecular flexibility index (Phi) is 4.84. The fraction of sp³-hybridized carbons (Fsp3) is 0.0455. The van der Waals surface area contributed by atoms with E-state index in [4.69, 9.17) is 4.74 Å². The Morgan fingerprint density at radius 1 is 0.964 bits per heavy atom. The summed E-state index contributed by atoms with van der Waals surface area (Å²) >= 11 is 0. The number of carbonyl (C=O) groups is 1. The van der Waals surface area contributed by atoms with Gasteiger partial charge in [0.1, 0.15) is 11.6 Å². The number of para-hydroxylation sites is 1. The van der Waals surface area contributed by atoms with Crippen molar-refractivity contribution in [2.45, 2.75) is 0 Å². The lowest BCUT2D eigenvalue weighted by Crippen LogP contribution is -2.15. The van der Waals surface area contributed by atoms with Crippen molar-refractivity contribution < 1.29 is 9.53 Å². The topological polar surface area (TPSA) is 69.0 Å². The Bertz CT molecular complexity index is 1070. The highest BCUT2D eigenvalue weighted by atomic mass is 16.5. The summed E-state index contributed by atoms with van der Waals surface area (Å²) in [6.45, 7) is 0. The summed E-state index contributed by atoms with van der Waals surface area (Å²) in [6.07, 6.45) is 3.43. The zero-order valence-electron chi connectivity index (χ0n) is 15.2. The van der Waals surface area contributed by atoms with Gasteiger partial charge in [-0.2, -0.15) is 5.10 Å². The van der Waals surface area contributed by atoms with Crippen molar-refractivity contribution in [3.05, 3.63) is 90.8 Å². The largest absolute Gasteiger partial charge is 0.497 e. The minimum atomic E-state index is -0.221. The fourth-order valence-corrected chi connectivity index (χ4v) is 2.83. The maximum absolute atomic E-state index is 12.7. The number of aromatic nitrogens is 3. The lowest BCUT2D eigenvalue weighted by Gasteiger charge is -2.09. The first-order chi connectivity index (χ1) is 13.7. The highest BCUT2D eigenvalue weighted by Crippen LogP contribution is 2.25. The molecule has 0 aliphatic rings. The summed E-state index contributed by atoms with van der Waals surface area (Å²) in [5, 5.41) is 7.64. The van der Waals surface area contributed by atoms with E-state index in [-0.39, 0.29) is 5.91 Å². The SMILES string of the molecule is COc1ccc(C(=O)Nc2cc(-c3ccncc3)nn2-c2ccccc2)cc1. The first kappa shape index (κ1) is 17.5. The second-order valence-electron chi connectivity index (χ2n) is 6.08. The molecule has 0 unspecified atom stereocenters. The first-order valence-electron chi connectivity index (χ1n) is 8.76. The molecule has 2 aromatic carbocycles. The lowest BCUT2D eigenvalue weighted by atomic mass is 10.2. The van der Waals surface area contributed by atoms with E-state index in [1.54, 1.807) is 48.5 Å². The zero-order valence-corrected chi connectivity index (χ0v) is 15.2. The van der Waals surface area contributed by atoms with Gasteiger partial charge in [0.15, 0.2) is 0 Å². The summed E-state index contributed by atoms with van der Waals surface area (Å²) in [7, 11) is 1.59. The van der Waals surface area contributed by atoms with Crippen molar-refractivity contribution in [3.8, 4) is 22.7 Å². The van der Waals surface area contributed by atoms with Gasteiger partial charge in [0.2, 0.25) is 0 Å². The molecule has 6 heteroatoms. The van der Waals surface area contributed by atoms with Gasteiger partial charge in [-0.15, -0.1) is 0 Å². The Morgan fingerprint density at radius 3 is 2.36 bits per heavy atom. The van der Waals surface area contributed by atoms with Gasteiger partial charge in [0, 0.05) is 29.6 Å². The third-order valence-electron chi connectivity index (χ3n) is 4.28. The summed E-state index contributed by atoms with van der Waals surface area (Å²) < 4.78 is 6.86. The molecular weight excluding hydrogens is 352 g/mol. The Morgan fingerprint density at radius 2 is 1.68 bits per heavy atom. The molecule has 0 saturated carbocycles. The van der Waals surface area contributed by atoms with Crippen LogP contribution in [0, 0.1) is 0 Å². The smallest absolute Gasteiger partial charge is 0.256 e. The number of carbonyl (C=O) groups excluding carboxylic acids is 1. The zero-order chi connectivity index (χ0) is 19.3. The van der Waals surface area contributed by atoms with E-state index in [0.717, 1.165) is 16.9 Å².